The Balaban J connectivity index is 2.22. The van der Waals surface area contributed by atoms with E-state index < -0.39 is 0 Å². The van der Waals surface area contributed by atoms with Gasteiger partial charge in [-0.05, 0) is 44.0 Å². The quantitative estimate of drug-likeness (QED) is 0.776. The molecule has 0 spiro atoms. The lowest BCUT2D eigenvalue weighted by molar-refractivity contribution is 0.118. The minimum absolute atomic E-state index is 0.298. The van der Waals surface area contributed by atoms with Crippen molar-refractivity contribution < 1.29 is 4.74 Å². The molecule has 0 bridgehead atoms. The largest absolute Gasteiger partial charge is 0.399 e. The van der Waals surface area contributed by atoms with Crippen molar-refractivity contribution in [2.24, 2.45) is 0 Å². The molecule has 1 saturated heterocycles. The third-order valence-corrected chi connectivity index (χ3v) is 3.33. The average Bonchev–Trinajstić information content (AvgIpc) is 2.62. The van der Waals surface area contributed by atoms with Crippen LogP contribution in [0.25, 0.3) is 0 Å². The smallest absolute Gasteiger partial charge is 0.0750 e. The van der Waals surface area contributed by atoms with Crippen LogP contribution < -0.4 is 10.6 Å². The van der Waals surface area contributed by atoms with Crippen molar-refractivity contribution in [2.45, 2.75) is 32.4 Å². The summed E-state index contributed by atoms with van der Waals surface area (Å²) in [6.07, 6.45) is 1.39. The van der Waals surface area contributed by atoms with Gasteiger partial charge in [-0.1, -0.05) is 0 Å². The molecule has 0 radical (unpaired) electrons. The van der Waals surface area contributed by atoms with E-state index in [1.165, 1.54) is 11.3 Å². The standard InChI is InChI=1S/C13H20N2O/c1-9-6-11(14)8-12(7-9)15(3)13-4-5-16-10(13)2/h6-8,10,13H,4-5,14H2,1-3H3. The molecule has 3 nitrogen and oxygen atoms in total. The third kappa shape index (κ3) is 2.14. The van der Waals surface area contributed by atoms with Gasteiger partial charge in [-0.3, -0.25) is 0 Å². The van der Waals surface area contributed by atoms with Gasteiger partial charge in [-0.2, -0.15) is 0 Å². The van der Waals surface area contributed by atoms with Gasteiger partial charge in [-0.25, -0.2) is 0 Å². The molecule has 88 valence electrons. The maximum absolute atomic E-state index is 5.87. The summed E-state index contributed by atoms with van der Waals surface area (Å²) in [7, 11) is 2.12. The number of nitrogen functional groups attached to an aromatic ring is 1. The summed E-state index contributed by atoms with van der Waals surface area (Å²) in [5.41, 5.74) is 9.08. The number of nitrogens with zero attached hydrogens (tertiary/aromatic N) is 1. The van der Waals surface area contributed by atoms with E-state index in [4.69, 9.17) is 10.5 Å². The highest BCUT2D eigenvalue weighted by atomic mass is 16.5. The molecule has 2 atom stereocenters. The summed E-state index contributed by atoms with van der Waals surface area (Å²) in [4.78, 5) is 2.28. The first-order valence-corrected chi connectivity index (χ1v) is 5.79. The average molecular weight is 220 g/mol. The fourth-order valence-electron chi connectivity index (χ4n) is 2.42. The van der Waals surface area contributed by atoms with Gasteiger partial charge in [-0.15, -0.1) is 0 Å². The maximum atomic E-state index is 5.87. The van der Waals surface area contributed by atoms with E-state index in [2.05, 4.69) is 31.9 Å². The van der Waals surface area contributed by atoms with Crippen molar-refractivity contribution >= 4 is 11.4 Å². The molecule has 1 aliphatic rings. The summed E-state index contributed by atoms with van der Waals surface area (Å²) >= 11 is 0. The molecule has 1 heterocycles. The fourth-order valence-corrected chi connectivity index (χ4v) is 2.42. The number of likely N-dealkylation sites (N-methyl/N-ethyl adjacent to an activating group) is 1. The first-order valence-electron chi connectivity index (χ1n) is 5.79. The van der Waals surface area contributed by atoms with Gasteiger partial charge in [0.25, 0.3) is 0 Å². The van der Waals surface area contributed by atoms with Crippen molar-refractivity contribution in [3.63, 3.8) is 0 Å². The number of ether oxygens (including phenoxy) is 1. The minimum Gasteiger partial charge on any atom is -0.399 e. The second-order valence-corrected chi connectivity index (χ2v) is 4.64. The molecular weight excluding hydrogens is 200 g/mol. The van der Waals surface area contributed by atoms with Crippen molar-refractivity contribution in [3.05, 3.63) is 23.8 Å². The Morgan fingerprint density at radius 2 is 2.12 bits per heavy atom. The van der Waals surface area contributed by atoms with Crippen molar-refractivity contribution in [1.29, 1.82) is 0 Å². The number of nitrogens with two attached hydrogens (primary N) is 1. The zero-order chi connectivity index (χ0) is 11.7. The van der Waals surface area contributed by atoms with E-state index in [-0.39, 0.29) is 0 Å². The van der Waals surface area contributed by atoms with Crippen LogP contribution in [0.5, 0.6) is 0 Å². The van der Waals surface area contributed by atoms with E-state index in [1.54, 1.807) is 0 Å². The Hall–Kier alpha value is -1.22. The Morgan fingerprint density at radius 1 is 1.38 bits per heavy atom. The van der Waals surface area contributed by atoms with Crippen LogP contribution in [-0.4, -0.2) is 25.8 Å². The van der Waals surface area contributed by atoms with Gasteiger partial charge in [0.05, 0.1) is 12.1 Å². The van der Waals surface area contributed by atoms with Crippen LogP contribution in [0.2, 0.25) is 0 Å². The van der Waals surface area contributed by atoms with E-state index in [0.717, 1.165) is 18.7 Å². The predicted molar refractivity (Wildman–Crippen MR) is 67.8 cm³/mol. The molecule has 1 aliphatic heterocycles. The summed E-state index contributed by atoms with van der Waals surface area (Å²) in [6, 6.07) is 6.65. The van der Waals surface area contributed by atoms with E-state index >= 15 is 0 Å². The predicted octanol–water partition coefficient (Wildman–Crippen LogP) is 2.19. The molecule has 16 heavy (non-hydrogen) atoms. The minimum atomic E-state index is 0.298. The monoisotopic (exact) mass is 220 g/mol. The summed E-state index contributed by atoms with van der Waals surface area (Å²) < 4.78 is 5.60. The Morgan fingerprint density at radius 3 is 2.69 bits per heavy atom. The highest BCUT2D eigenvalue weighted by Crippen LogP contribution is 2.26. The van der Waals surface area contributed by atoms with Crippen LogP contribution in [0.1, 0.15) is 18.9 Å². The van der Waals surface area contributed by atoms with Crippen LogP contribution in [0.15, 0.2) is 18.2 Å². The van der Waals surface area contributed by atoms with Gasteiger partial charge < -0.3 is 15.4 Å². The molecule has 0 aliphatic carbocycles. The molecular formula is C13H20N2O. The molecule has 0 saturated carbocycles. The molecule has 0 amide bonds. The second kappa shape index (κ2) is 4.34. The number of anilines is 2. The van der Waals surface area contributed by atoms with Gasteiger partial charge in [0.2, 0.25) is 0 Å². The number of aryl methyl sites for hydroxylation is 1. The zero-order valence-corrected chi connectivity index (χ0v) is 10.2. The molecule has 3 heteroatoms. The molecule has 1 aromatic carbocycles. The first-order chi connectivity index (χ1) is 7.58. The number of benzene rings is 1. The van der Waals surface area contributed by atoms with Gasteiger partial charge in [0.1, 0.15) is 0 Å². The van der Waals surface area contributed by atoms with Crippen molar-refractivity contribution in [1.82, 2.24) is 0 Å². The Kier molecular flexibility index (Phi) is 3.06. The van der Waals surface area contributed by atoms with Crippen molar-refractivity contribution in [3.8, 4) is 0 Å². The topological polar surface area (TPSA) is 38.5 Å². The van der Waals surface area contributed by atoms with Crippen LogP contribution in [0.4, 0.5) is 11.4 Å². The van der Waals surface area contributed by atoms with Gasteiger partial charge >= 0.3 is 0 Å². The highest BCUT2D eigenvalue weighted by molar-refractivity contribution is 5.58. The first kappa shape index (κ1) is 11.3. The van der Waals surface area contributed by atoms with Crippen LogP contribution >= 0.6 is 0 Å². The normalized spacial score (nSPS) is 24.7. The van der Waals surface area contributed by atoms with Crippen LogP contribution in [0.3, 0.4) is 0 Å². The highest BCUT2D eigenvalue weighted by Gasteiger charge is 2.28. The van der Waals surface area contributed by atoms with Gasteiger partial charge in [0, 0.05) is 25.0 Å². The fraction of sp³-hybridized carbons (Fsp3) is 0.538. The summed E-state index contributed by atoms with van der Waals surface area (Å²) in [6.45, 7) is 5.06. The maximum Gasteiger partial charge on any atom is 0.0750 e. The van der Waals surface area contributed by atoms with Crippen LogP contribution in [0, 0.1) is 6.92 Å². The number of hydrogen-bond donors (Lipinski definition) is 1. The summed E-state index contributed by atoms with van der Waals surface area (Å²) in [5.74, 6) is 0. The number of hydrogen-bond acceptors (Lipinski definition) is 3. The van der Waals surface area contributed by atoms with Gasteiger partial charge in [0.15, 0.2) is 0 Å². The molecule has 1 fully saturated rings. The second-order valence-electron chi connectivity index (χ2n) is 4.64. The lowest BCUT2D eigenvalue weighted by Crippen LogP contribution is -2.36. The molecule has 1 aromatic rings. The Bertz CT molecular complexity index is 358. The van der Waals surface area contributed by atoms with Crippen molar-refractivity contribution in [2.75, 3.05) is 24.3 Å². The SMILES string of the molecule is Cc1cc(N)cc(N(C)C2CCOC2C)c1. The summed E-state index contributed by atoms with van der Waals surface area (Å²) in [5, 5.41) is 0. The molecule has 2 N–H and O–H groups in total. The van der Waals surface area contributed by atoms with E-state index in [9.17, 15) is 0 Å². The van der Waals surface area contributed by atoms with E-state index in [0.29, 0.717) is 12.1 Å². The number of rotatable bonds is 2. The Labute approximate surface area is 97.2 Å². The molecule has 2 unspecified atom stereocenters. The zero-order valence-electron chi connectivity index (χ0n) is 10.2. The lowest BCUT2D eigenvalue weighted by atomic mass is 10.1. The van der Waals surface area contributed by atoms with E-state index in [1.807, 2.05) is 12.1 Å². The lowest BCUT2D eigenvalue weighted by Gasteiger charge is -2.29. The third-order valence-electron chi connectivity index (χ3n) is 3.33. The van der Waals surface area contributed by atoms with Crippen LogP contribution in [-0.2, 0) is 4.74 Å². The molecule has 0 aromatic heterocycles. The molecule has 2 rings (SSSR count).